The van der Waals surface area contributed by atoms with E-state index in [0.717, 1.165) is 24.0 Å². The zero-order valence-electron chi connectivity index (χ0n) is 11.0. The van der Waals surface area contributed by atoms with Gasteiger partial charge in [0, 0.05) is 23.6 Å². The smallest absolute Gasteiger partial charge is 0.0231 e. The quantitative estimate of drug-likeness (QED) is 0.873. The summed E-state index contributed by atoms with van der Waals surface area (Å²) in [5.41, 5.74) is 7.48. The minimum absolute atomic E-state index is 0.261. The standard InChI is InChI=1S/C14H23BrN2/c1-4-11(2)14(16)10-17(3)9-12-6-5-7-13(15)8-12/h5-8,11,14H,4,9-10,16H2,1-3H3. The van der Waals surface area contributed by atoms with Gasteiger partial charge in [-0.1, -0.05) is 48.3 Å². The van der Waals surface area contributed by atoms with Crippen molar-refractivity contribution < 1.29 is 0 Å². The van der Waals surface area contributed by atoms with Crippen LogP contribution in [0.2, 0.25) is 0 Å². The molecule has 0 saturated heterocycles. The van der Waals surface area contributed by atoms with Gasteiger partial charge >= 0.3 is 0 Å². The van der Waals surface area contributed by atoms with Crippen LogP contribution in [-0.4, -0.2) is 24.5 Å². The molecule has 2 N–H and O–H groups in total. The molecular weight excluding hydrogens is 276 g/mol. The molecule has 17 heavy (non-hydrogen) atoms. The van der Waals surface area contributed by atoms with E-state index in [2.05, 4.69) is 59.9 Å². The Morgan fingerprint density at radius 3 is 2.71 bits per heavy atom. The van der Waals surface area contributed by atoms with Crippen molar-refractivity contribution in [1.82, 2.24) is 4.90 Å². The van der Waals surface area contributed by atoms with Crippen molar-refractivity contribution in [2.45, 2.75) is 32.9 Å². The Kier molecular flexibility index (Phi) is 6.17. The molecule has 0 aliphatic heterocycles. The summed E-state index contributed by atoms with van der Waals surface area (Å²) in [7, 11) is 2.13. The highest BCUT2D eigenvalue weighted by Crippen LogP contribution is 2.14. The molecule has 0 amide bonds. The summed E-state index contributed by atoms with van der Waals surface area (Å²) >= 11 is 3.49. The van der Waals surface area contributed by atoms with Crippen molar-refractivity contribution in [3.8, 4) is 0 Å². The molecule has 0 aliphatic carbocycles. The van der Waals surface area contributed by atoms with Crippen LogP contribution >= 0.6 is 15.9 Å². The summed E-state index contributed by atoms with van der Waals surface area (Å²) < 4.78 is 1.13. The van der Waals surface area contributed by atoms with Crippen molar-refractivity contribution in [3.63, 3.8) is 0 Å². The molecule has 0 aromatic heterocycles. The maximum Gasteiger partial charge on any atom is 0.0231 e. The Morgan fingerprint density at radius 1 is 1.41 bits per heavy atom. The molecule has 0 aliphatic rings. The number of nitrogens with two attached hydrogens (primary N) is 1. The number of nitrogens with zero attached hydrogens (tertiary/aromatic N) is 1. The predicted octanol–water partition coefficient (Wildman–Crippen LogP) is 3.25. The van der Waals surface area contributed by atoms with E-state index in [1.807, 2.05) is 6.07 Å². The van der Waals surface area contributed by atoms with E-state index in [-0.39, 0.29) is 6.04 Å². The summed E-state index contributed by atoms with van der Waals surface area (Å²) in [4.78, 5) is 2.29. The van der Waals surface area contributed by atoms with Gasteiger partial charge in [-0.3, -0.25) is 0 Å². The second-order valence-electron chi connectivity index (χ2n) is 4.88. The molecule has 0 saturated carbocycles. The maximum absolute atomic E-state index is 6.16. The first kappa shape index (κ1) is 14.7. The largest absolute Gasteiger partial charge is 0.326 e. The number of rotatable bonds is 6. The van der Waals surface area contributed by atoms with Crippen LogP contribution in [0.15, 0.2) is 28.7 Å². The lowest BCUT2D eigenvalue weighted by molar-refractivity contribution is 0.267. The maximum atomic E-state index is 6.16. The lowest BCUT2D eigenvalue weighted by Crippen LogP contribution is -2.39. The minimum atomic E-state index is 0.261. The van der Waals surface area contributed by atoms with Gasteiger partial charge in [-0.2, -0.15) is 0 Å². The summed E-state index contributed by atoms with van der Waals surface area (Å²) in [6, 6.07) is 8.69. The average Bonchev–Trinajstić information content (AvgIpc) is 2.27. The summed E-state index contributed by atoms with van der Waals surface area (Å²) in [5.74, 6) is 0.583. The molecule has 0 radical (unpaired) electrons. The number of hydrogen-bond donors (Lipinski definition) is 1. The zero-order valence-corrected chi connectivity index (χ0v) is 12.6. The van der Waals surface area contributed by atoms with Gasteiger partial charge in [0.2, 0.25) is 0 Å². The van der Waals surface area contributed by atoms with E-state index in [0.29, 0.717) is 5.92 Å². The molecule has 0 heterocycles. The number of benzene rings is 1. The molecule has 0 spiro atoms. The summed E-state index contributed by atoms with van der Waals surface area (Å²) in [6.45, 7) is 6.31. The van der Waals surface area contributed by atoms with E-state index in [1.54, 1.807) is 0 Å². The van der Waals surface area contributed by atoms with Crippen molar-refractivity contribution >= 4 is 15.9 Å². The van der Waals surface area contributed by atoms with E-state index < -0.39 is 0 Å². The molecule has 2 nitrogen and oxygen atoms in total. The molecule has 3 heteroatoms. The van der Waals surface area contributed by atoms with Crippen molar-refractivity contribution in [2.24, 2.45) is 11.7 Å². The number of likely N-dealkylation sites (N-methyl/N-ethyl adjacent to an activating group) is 1. The molecule has 2 atom stereocenters. The van der Waals surface area contributed by atoms with Crippen LogP contribution in [0, 0.1) is 5.92 Å². The Labute approximate surface area is 113 Å². The molecular formula is C14H23BrN2. The van der Waals surface area contributed by atoms with Crippen LogP contribution in [0.3, 0.4) is 0 Å². The van der Waals surface area contributed by atoms with Crippen LogP contribution in [0.1, 0.15) is 25.8 Å². The lowest BCUT2D eigenvalue weighted by Gasteiger charge is -2.25. The first-order chi connectivity index (χ1) is 8.02. The zero-order chi connectivity index (χ0) is 12.8. The molecule has 1 aromatic carbocycles. The van der Waals surface area contributed by atoms with E-state index in [9.17, 15) is 0 Å². The third-order valence-corrected chi connectivity index (χ3v) is 3.73. The van der Waals surface area contributed by atoms with Crippen LogP contribution in [-0.2, 0) is 6.54 Å². The van der Waals surface area contributed by atoms with Gasteiger partial charge < -0.3 is 10.6 Å². The van der Waals surface area contributed by atoms with Gasteiger partial charge in [0.15, 0.2) is 0 Å². The highest BCUT2D eigenvalue weighted by molar-refractivity contribution is 9.10. The molecule has 1 rings (SSSR count). The Morgan fingerprint density at radius 2 is 2.12 bits per heavy atom. The Balaban J connectivity index is 2.47. The normalized spacial score (nSPS) is 14.9. The van der Waals surface area contributed by atoms with Gasteiger partial charge in [0.25, 0.3) is 0 Å². The van der Waals surface area contributed by atoms with E-state index >= 15 is 0 Å². The number of halogens is 1. The average molecular weight is 299 g/mol. The molecule has 1 aromatic rings. The van der Waals surface area contributed by atoms with Gasteiger partial charge in [0.05, 0.1) is 0 Å². The van der Waals surface area contributed by atoms with Gasteiger partial charge in [-0.05, 0) is 30.7 Å². The predicted molar refractivity (Wildman–Crippen MR) is 77.9 cm³/mol. The van der Waals surface area contributed by atoms with Gasteiger partial charge in [-0.15, -0.1) is 0 Å². The summed E-state index contributed by atoms with van der Waals surface area (Å²) in [5, 5.41) is 0. The topological polar surface area (TPSA) is 29.3 Å². The Bertz CT molecular complexity index is 341. The molecule has 0 bridgehead atoms. The van der Waals surface area contributed by atoms with Crippen molar-refractivity contribution in [2.75, 3.05) is 13.6 Å². The number of hydrogen-bond acceptors (Lipinski definition) is 2. The van der Waals surface area contributed by atoms with Gasteiger partial charge in [0.1, 0.15) is 0 Å². The first-order valence-electron chi connectivity index (χ1n) is 6.21. The van der Waals surface area contributed by atoms with E-state index in [4.69, 9.17) is 5.73 Å². The molecule has 2 unspecified atom stereocenters. The second kappa shape index (κ2) is 7.14. The molecule has 0 fully saturated rings. The lowest BCUT2D eigenvalue weighted by atomic mass is 10.00. The fourth-order valence-corrected chi connectivity index (χ4v) is 2.30. The van der Waals surface area contributed by atoms with Crippen LogP contribution < -0.4 is 5.73 Å². The van der Waals surface area contributed by atoms with Crippen LogP contribution in [0.5, 0.6) is 0 Å². The Hall–Kier alpha value is -0.380. The van der Waals surface area contributed by atoms with Crippen molar-refractivity contribution in [3.05, 3.63) is 34.3 Å². The fourth-order valence-electron chi connectivity index (χ4n) is 1.85. The molecule has 96 valence electrons. The second-order valence-corrected chi connectivity index (χ2v) is 5.79. The summed E-state index contributed by atoms with van der Waals surface area (Å²) in [6.07, 6.45) is 1.14. The van der Waals surface area contributed by atoms with Gasteiger partial charge in [-0.25, -0.2) is 0 Å². The third-order valence-electron chi connectivity index (χ3n) is 3.24. The highest BCUT2D eigenvalue weighted by Gasteiger charge is 2.13. The monoisotopic (exact) mass is 298 g/mol. The first-order valence-corrected chi connectivity index (χ1v) is 7.00. The van der Waals surface area contributed by atoms with Crippen molar-refractivity contribution in [1.29, 1.82) is 0 Å². The third kappa shape index (κ3) is 5.19. The van der Waals surface area contributed by atoms with Crippen LogP contribution in [0.4, 0.5) is 0 Å². The van der Waals surface area contributed by atoms with Crippen LogP contribution in [0.25, 0.3) is 0 Å². The minimum Gasteiger partial charge on any atom is -0.326 e. The van der Waals surface area contributed by atoms with E-state index in [1.165, 1.54) is 5.56 Å². The SMILES string of the molecule is CCC(C)C(N)CN(C)Cc1cccc(Br)c1. The fraction of sp³-hybridized carbons (Fsp3) is 0.571. The highest BCUT2D eigenvalue weighted by atomic mass is 79.9.